The first-order chi connectivity index (χ1) is 11.5. The van der Waals surface area contributed by atoms with E-state index in [1.807, 2.05) is 32.3 Å². The second kappa shape index (κ2) is 8.78. The number of nitrogens with two attached hydrogens (primary N) is 1. The van der Waals surface area contributed by atoms with E-state index in [9.17, 15) is 0 Å². The lowest BCUT2D eigenvalue weighted by Crippen LogP contribution is -2.38. The molecule has 0 radical (unpaired) electrons. The lowest BCUT2D eigenvalue weighted by molar-refractivity contribution is 0.302. The van der Waals surface area contributed by atoms with Crippen molar-refractivity contribution in [3.8, 4) is 11.5 Å². The highest BCUT2D eigenvalue weighted by molar-refractivity contribution is 5.77. The molecule has 0 amide bonds. The van der Waals surface area contributed by atoms with E-state index in [1.54, 1.807) is 14.2 Å². The molecule has 1 saturated carbocycles. The number of hydrogen-bond acceptors (Lipinski definition) is 4. The average molecular weight is 334 g/mol. The first kappa shape index (κ1) is 18.4. The van der Waals surface area contributed by atoms with Gasteiger partial charge >= 0.3 is 0 Å². The van der Waals surface area contributed by atoms with Gasteiger partial charge in [-0.05, 0) is 50.6 Å². The third-order valence-electron chi connectivity index (χ3n) is 4.65. The molecular formula is C18H30N4O2. The predicted octanol–water partition coefficient (Wildman–Crippen LogP) is 2.01. The molecule has 0 saturated heterocycles. The number of guanidine groups is 1. The normalized spacial score (nSPS) is 16.6. The largest absolute Gasteiger partial charge is 0.493 e. The summed E-state index contributed by atoms with van der Waals surface area (Å²) in [4.78, 5) is 6.65. The fourth-order valence-corrected chi connectivity index (χ4v) is 2.81. The minimum Gasteiger partial charge on any atom is -0.493 e. The van der Waals surface area contributed by atoms with Crippen LogP contribution in [0, 0.1) is 5.92 Å². The maximum atomic E-state index is 6.00. The topological polar surface area (TPSA) is 72.1 Å². The van der Waals surface area contributed by atoms with E-state index in [1.165, 1.54) is 19.3 Å². The average Bonchev–Trinajstić information content (AvgIpc) is 2.53. The van der Waals surface area contributed by atoms with E-state index in [-0.39, 0.29) is 6.04 Å². The molecule has 1 aliphatic carbocycles. The van der Waals surface area contributed by atoms with Gasteiger partial charge in [-0.2, -0.15) is 0 Å². The standard InChI is InChI=1S/C18H30N4O2/c1-22(2)15(12-21-18(19)20-11-13-6-5-7-13)14-8-9-16(23-3)17(10-14)24-4/h8-10,13,15H,5-7,11-12H2,1-4H3,(H3,19,20,21). The fraction of sp³-hybridized carbons (Fsp3) is 0.611. The molecule has 24 heavy (non-hydrogen) atoms. The van der Waals surface area contributed by atoms with Crippen LogP contribution in [0.15, 0.2) is 23.2 Å². The van der Waals surface area contributed by atoms with Gasteiger partial charge in [0.2, 0.25) is 0 Å². The van der Waals surface area contributed by atoms with Crippen LogP contribution in [-0.4, -0.2) is 52.3 Å². The van der Waals surface area contributed by atoms with Crippen molar-refractivity contribution in [2.24, 2.45) is 16.6 Å². The van der Waals surface area contributed by atoms with Crippen molar-refractivity contribution < 1.29 is 9.47 Å². The highest BCUT2D eigenvalue weighted by atomic mass is 16.5. The molecule has 2 rings (SSSR count). The number of rotatable bonds is 8. The Morgan fingerprint density at radius 1 is 1.29 bits per heavy atom. The van der Waals surface area contributed by atoms with Crippen molar-refractivity contribution in [1.29, 1.82) is 0 Å². The molecule has 3 N–H and O–H groups in total. The van der Waals surface area contributed by atoms with E-state index < -0.39 is 0 Å². The number of nitrogens with one attached hydrogen (secondary N) is 1. The third kappa shape index (κ3) is 4.77. The van der Waals surface area contributed by atoms with Gasteiger partial charge in [-0.25, -0.2) is 0 Å². The Morgan fingerprint density at radius 3 is 2.54 bits per heavy atom. The van der Waals surface area contributed by atoms with Gasteiger partial charge < -0.3 is 25.4 Å². The van der Waals surface area contributed by atoms with Gasteiger partial charge in [0.05, 0.1) is 26.8 Å². The molecule has 1 aromatic rings. The summed E-state index contributed by atoms with van der Waals surface area (Å²) in [6.45, 7) is 1.52. The summed E-state index contributed by atoms with van der Waals surface area (Å²) in [5.74, 6) is 2.73. The van der Waals surface area contributed by atoms with Gasteiger partial charge in [0.25, 0.3) is 0 Å². The fourth-order valence-electron chi connectivity index (χ4n) is 2.81. The van der Waals surface area contributed by atoms with Crippen LogP contribution in [0.25, 0.3) is 0 Å². The van der Waals surface area contributed by atoms with Gasteiger partial charge in [-0.1, -0.05) is 12.5 Å². The molecule has 6 heteroatoms. The minimum atomic E-state index is 0.119. The lowest BCUT2D eigenvalue weighted by Gasteiger charge is -2.26. The van der Waals surface area contributed by atoms with Crippen LogP contribution in [0.4, 0.5) is 0 Å². The summed E-state index contributed by atoms with van der Waals surface area (Å²) in [5.41, 5.74) is 7.12. The van der Waals surface area contributed by atoms with E-state index in [4.69, 9.17) is 15.2 Å². The van der Waals surface area contributed by atoms with Crippen LogP contribution in [-0.2, 0) is 0 Å². The molecule has 0 aliphatic heterocycles. The summed E-state index contributed by atoms with van der Waals surface area (Å²) in [6.07, 6.45) is 3.93. The molecule has 0 spiro atoms. The van der Waals surface area contributed by atoms with Crippen LogP contribution in [0.1, 0.15) is 30.9 Å². The van der Waals surface area contributed by atoms with E-state index in [0.717, 1.165) is 29.5 Å². The van der Waals surface area contributed by atoms with E-state index in [0.29, 0.717) is 12.5 Å². The van der Waals surface area contributed by atoms with Gasteiger partial charge in [-0.3, -0.25) is 4.99 Å². The van der Waals surface area contributed by atoms with Crippen molar-refractivity contribution in [1.82, 2.24) is 10.2 Å². The molecule has 1 fully saturated rings. The molecule has 1 unspecified atom stereocenters. The van der Waals surface area contributed by atoms with E-state index >= 15 is 0 Å². The monoisotopic (exact) mass is 334 g/mol. The molecule has 1 aromatic carbocycles. The predicted molar refractivity (Wildman–Crippen MR) is 97.8 cm³/mol. The Morgan fingerprint density at radius 2 is 2.00 bits per heavy atom. The number of ether oxygens (including phenoxy) is 2. The second-order valence-corrected chi connectivity index (χ2v) is 6.50. The van der Waals surface area contributed by atoms with Crippen molar-refractivity contribution in [3.05, 3.63) is 23.8 Å². The molecule has 6 nitrogen and oxygen atoms in total. The first-order valence-corrected chi connectivity index (χ1v) is 8.47. The lowest BCUT2D eigenvalue weighted by atomic mass is 9.85. The van der Waals surface area contributed by atoms with Gasteiger partial charge in [0.1, 0.15) is 0 Å². The SMILES string of the molecule is COc1ccc(C(CN=C(N)NCC2CCC2)N(C)C)cc1OC. The summed E-state index contributed by atoms with van der Waals surface area (Å²) in [5, 5.41) is 3.24. The zero-order valence-corrected chi connectivity index (χ0v) is 15.2. The van der Waals surface area contributed by atoms with Crippen LogP contribution >= 0.6 is 0 Å². The summed E-state index contributed by atoms with van der Waals surface area (Å²) in [6, 6.07) is 6.08. The quantitative estimate of drug-likeness (QED) is 0.562. The minimum absolute atomic E-state index is 0.119. The van der Waals surface area contributed by atoms with Crippen LogP contribution in [0.2, 0.25) is 0 Å². The molecule has 0 heterocycles. The molecule has 1 aliphatic rings. The Bertz CT molecular complexity index is 556. The highest BCUT2D eigenvalue weighted by Gasteiger charge is 2.18. The van der Waals surface area contributed by atoms with E-state index in [2.05, 4.69) is 15.2 Å². The number of aliphatic imine (C=N–C) groups is 1. The molecular weight excluding hydrogens is 304 g/mol. The van der Waals surface area contributed by atoms with Crippen LogP contribution < -0.4 is 20.5 Å². The summed E-state index contributed by atoms with van der Waals surface area (Å²) < 4.78 is 10.7. The maximum absolute atomic E-state index is 6.00. The number of nitrogens with zero attached hydrogens (tertiary/aromatic N) is 2. The Hall–Kier alpha value is -1.95. The van der Waals surface area contributed by atoms with Crippen LogP contribution in [0.5, 0.6) is 11.5 Å². The summed E-state index contributed by atoms with van der Waals surface area (Å²) >= 11 is 0. The van der Waals surface area contributed by atoms with Gasteiger partial charge in [0, 0.05) is 6.54 Å². The van der Waals surface area contributed by atoms with Crippen molar-refractivity contribution >= 4 is 5.96 Å². The smallest absolute Gasteiger partial charge is 0.188 e. The number of methoxy groups -OCH3 is 2. The third-order valence-corrected chi connectivity index (χ3v) is 4.65. The molecule has 0 aromatic heterocycles. The van der Waals surface area contributed by atoms with Crippen molar-refractivity contribution in [2.45, 2.75) is 25.3 Å². The molecule has 134 valence electrons. The number of hydrogen-bond donors (Lipinski definition) is 2. The highest BCUT2D eigenvalue weighted by Crippen LogP contribution is 2.31. The van der Waals surface area contributed by atoms with Crippen LogP contribution in [0.3, 0.4) is 0 Å². The number of likely N-dealkylation sites (N-methyl/N-ethyl adjacent to an activating group) is 1. The summed E-state index contributed by atoms with van der Waals surface area (Å²) in [7, 11) is 7.36. The zero-order valence-electron chi connectivity index (χ0n) is 15.2. The zero-order chi connectivity index (χ0) is 17.5. The Kier molecular flexibility index (Phi) is 6.73. The first-order valence-electron chi connectivity index (χ1n) is 8.47. The Balaban J connectivity index is 2.02. The maximum Gasteiger partial charge on any atom is 0.188 e. The molecule has 0 bridgehead atoms. The van der Waals surface area contributed by atoms with Crippen molar-refractivity contribution in [3.63, 3.8) is 0 Å². The molecule has 1 atom stereocenters. The van der Waals surface area contributed by atoms with Crippen molar-refractivity contribution in [2.75, 3.05) is 41.4 Å². The second-order valence-electron chi connectivity index (χ2n) is 6.50. The number of benzene rings is 1. The van der Waals surface area contributed by atoms with Gasteiger partial charge in [-0.15, -0.1) is 0 Å². The Labute approximate surface area is 145 Å². The van der Waals surface area contributed by atoms with Gasteiger partial charge in [0.15, 0.2) is 17.5 Å².